The smallest absolute Gasteiger partial charge is 0.407 e. The van der Waals surface area contributed by atoms with Gasteiger partial charge < -0.3 is 24.6 Å². The van der Waals surface area contributed by atoms with E-state index in [9.17, 15) is 9.90 Å². The first-order chi connectivity index (χ1) is 14.7. The van der Waals surface area contributed by atoms with Gasteiger partial charge in [-0.05, 0) is 84.3 Å². The van der Waals surface area contributed by atoms with Crippen LogP contribution in [0.2, 0.25) is 0 Å². The fourth-order valence-corrected chi connectivity index (χ4v) is 3.84. The molecule has 0 aliphatic heterocycles. The van der Waals surface area contributed by atoms with E-state index >= 15 is 0 Å². The number of hydrogen-bond acceptors (Lipinski definition) is 5. The van der Waals surface area contributed by atoms with Gasteiger partial charge in [-0.1, -0.05) is 25.1 Å². The van der Waals surface area contributed by atoms with Crippen LogP contribution >= 0.6 is 0 Å². The van der Waals surface area contributed by atoms with Crippen molar-refractivity contribution in [2.24, 2.45) is 0 Å². The predicted octanol–water partition coefficient (Wildman–Crippen LogP) is 5.48. The van der Waals surface area contributed by atoms with Crippen LogP contribution in [0.4, 0.5) is 4.79 Å². The fraction of sp³-hybridized carbons (Fsp3) is 0.720. The third kappa shape index (κ3) is 9.58. The Morgan fingerprint density at radius 1 is 1.13 bits per heavy atom. The Balaban J connectivity index is 3.20. The quantitative estimate of drug-likeness (QED) is 0.400. The predicted molar refractivity (Wildman–Crippen MR) is 124 cm³/mol. The van der Waals surface area contributed by atoms with Crippen molar-refractivity contribution < 1.29 is 24.1 Å². The Kier molecular flexibility index (Phi) is 12.1. The molecule has 2 unspecified atom stereocenters. The molecule has 1 rings (SSSR count). The number of amides is 1. The van der Waals surface area contributed by atoms with Crippen LogP contribution in [0.3, 0.4) is 0 Å². The number of carbonyl (C=O) groups excluding carboxylic acids is 1. The van der Waals surface area contributed by atoms with Gasteiger partial charge in [0, 0.05) is 31.4 Å². The summed E-state index contributed by atoms with van der Waals surface area (Å²) >= 11 is 0. The highest BCUT2D eigenvalue weighted by Crippen LogP contribution is 2.36. The van der Waals surface area contributed by atoms with Gasteiger partial charge in [-0.2, -0.15) is 0 Å². The molecule has 1 aromatic carbocycles. The number of nitrogens with one attached hydrogen (secondary N) is 1. The first-order valence-electron chi connectivity index (χ1n) is 11.6. The molecule has 1 aromatic rings. The van der Waals surface area contributed by atoms with Crippen LogP contribution in [0.5, 0.6) is 0 Å². The van der Waals surface area contributed by atoms with E-state index in [-0.39, 0.29) is 18.6 Å². The summed E-state index contributed by atoms with van der Waals surface area (Å²) < 4.78 is 17.3. The van der Waals surface area contributed by atoms with Crippen LogP contribution in [0.15, 0.2) is 18.2 Å². The van der Waals surface area contributed by atoms with Gasteiger partial charge in [0.15, 0.2) is 6.29 Å². The first kappa shape index (κ1) is 27.4. The molecule has 0 fully saturated rings. The number of benzene rings is 1. The zero-order valence-electron chi connectivity index (χ0n) is 20.5. The second kappa shape index (κ2) is 13.7. The van der Waals surface area contributed by atoms with Gasteiger partial charge in [-0.25, -0.2) is 4.79 Å². The van der Waals surface area contributed by atoms with E-state index in [0.717, 1.165) is 24.8 Å². The number of ether oxygens (including phenoxy) is 3. The Bertz CT molecular complexity index is 650. The van der Waals surface area contributed by atoms with E-state index in [1.54, 1.807) is 0 Å². The van der Waals surface area contributed by atoms with Crippen molar-refractivity contribution in [3.05, 3.63) is 34.9 Å². The minimum atomic E-state index is -0.528. The van der Waals surface area contributed by atoms with Crippen molar-refractivity contribution in [1.82, 2.24) is 5.32 Å². The standard InChI is InChI=1S/C25H43NO5/c1-8-19(17-18(4)26-24(28)31-25(5,6)7)22-20(14-12-16-27)13-11-15-21(22)23(29-9-2)30-10-3/h11,13,15,18-19,23,27H,8-10,12,14,16-17H2,1-7H3,(H,26,28). The second-order valence-corrected chi connectivity index (χ2v) is 8.88. The molecule has 178 valence electrons. The summed E-state index contributed by atoms with van der Waals surface area (Å²) in [6.07, 6.45) is 2.34. The first-order valence-corrected chi connectivity index (χ1v) is 11.6. The Hall–Kier alpha value is -1.63. The molecule has 0 heterocycles. The van der Waals surface area contributed by atoms with Crippen LogP contribution in [0.1, 0.15) is 96.6 Å². The molecule has 0 radical (unpaired) electrons. The molecule has 0 spiro atoms. The van der Waals surface area contributed by atoms with Crippen molar-refractivity contribution in [3.8, 4) is 0 Å². The SMILES string of the molecule is CCOC(OCC)c1cccc(CCCO)c1C(CC)CC(C)NC(=O)OC(C)(C)C. The molecule has 6 nitrogen and oxygen atoms in total. The zero-order valence-corrected chi connectivity index (χ0v) is 20.5. The lowest BCUT2D eigenvalue weighted by atomic mass is 9.82. The average Bonchev–Trinajstić information content (AvgIpc) is 2.68. The van der Waals surface area contributed by atoms with Crippen molar-refractivity contribution in [3.63, 3.8) is 0 Å². The maximum atomic E-state index is 12.2. The molecule has 1 amide bonds. The molecule has 0 aliphatic rings. The molecular weight excluding hydrogens is 394 g/mol. The van der Waals surface area contributed by atoms with Gasteiger partial charge in [0.2, 0.25) is 0 Å². The Morgan fingerprint density at radius 2 is 1.77 bits per heavy atom. The van der Waals surface area contributed by atoms with Gasteiger partial charge in [0.05, 0.1) is 0 Å². The third-order valence-electron chi connectivity index (χ3n) is 5.03. The van der Waals surface area contributed by atoms with Gasteiger partial charge >= 0.3 is 6.09 Å². The maximum Gasteiger partial charge on any atom is 0.407 e. The van der Waals surface area contributed by atoms with E-state index in [1.165, 1.54) is 11.1 Å². The molecule has 0 bridgehead atoms. The fourth-order valence-electron chi connectivity index (χ4n) is 3.84. The van der Waals surface area contributed by atoms with Crippen molar-refractivity contribution in [2.75, 3.05) is 19.8 Å². The topological polar surface area (TPSA) is 77.0 Å². The van der Waals surface area contributed by atoms with Gasteiger partial charge in [0.1, 0.15) is 5.60 Å². The minimum absolute atomic E-state index is 0.0591. The monoisotopic (exact) mass is 437 g/mol. The van der Waals surface area contributed by atoms with E-state index in [1.807, 2.05) is 47.6 Å². The van der Waals surface area contributed by atoms with Crippen LogP contribution in [-0.4, -0.2) is 42.7 Å². The lowest BCUT2D eigenvalue weighted by Crippen LogP contribution is -2.38. The summed E-state index contributed by atoms with van der Waals surface area (Å²) in [5, 5.41) is 12.4. The number of aliphatic hydroxyl groups excluding tert-OH is 1. The van der Waals surface area contributed by atoms with Gasteiger partial charge in [-0.15, -0.1) is 0 Å². The van der Waals surface area contributed by atoms with E-state index in [4.69, 9.17) is 14.2 Å². The lowest BCUT2D eigenvalue weighted by Gasteiger charge is -2.29. The average molecular weight is 438 g/mol. The molecule has 31 heavy (non-hydrogen) atoms. The van der Waals surface area contributed by atoms with Crippen molar-refractivity contribution >= 4 is 6.09 Å². The third-order valence-corrected chi connectivity index (χ3v) is 5.03. The van der Waals surface area contributed by atoms with E-state index < -0.39 is 18.0 Å². The van der Waals surface area contributed by atoms with Gasteiger partial charge in [0.25, 0.3) is 0 Å². The summed E-state index contributed by atoms with van der Waals surface area (Å²) in [4.78, 5) is 12.2. The highest BCUT2D eigenvalue weighted by Gasteiger charge is 2.26. The Morgan fingerprint density at radius 3 is 2.29 bits per heavy atom. The largest absolute Gasteiger partial charge is 0.444 e. The van der Waals surface area contributed by atoms with Crippen molar-refractivity contribution in [2.45, 2.75) is 98.0 Å². The molecular formula is C25H43NO5. The summed E-state index contributed by atoms with van der Waals surface area (Å²) in [7, 11) is 0. The van der Waals surface area contributed by atoms with Crippen LogP contribution in [-0.2, 0) is 20.6 Å². The molecule has 0 saturated heterocycles. The molecule has 6 heteroatoms. The molecule has 0 aromatic heterocycles. The van der Waals surface area contributed by atoms with E-state index in [0.29, 0.717) is 19.6 Å². The summed E-state index contributed by atoms with van der Waals surface area (Å²) in [6, 6.07) is 6.17. The number of aliphatic hydroxyl groups is 1. The molecule has 2 atom stereocenters. The highest BCUT2D eigenvalue weighted by atomic mass is 16.7. The highest BCUT2D eigenvalue weighted by molar-refractivity contribution is 5.68. The number of hydrogen-bond donors (Lipinski definition) is 2. The Labute approximate surface area is 188 Å². The lowest BCUT2D eigenvalue weighted by molar-refractivity contribution is -0.140. The number of rotatable bonds is 13. The number of carbonyl (C=O) groups is 1. The normalized spacial score (nSPS) is 13.8. The molecule has 0 aliphatic carbocycles. The second-order valence-electron chi connectivity index (χ2n) is 8.88. The van der Waals surface area contributed by atoms with E-state index in [2.05, 4.69) is 24.4 Å². The van der Waals surface area contributed by atoms with Crippen LogP contribution in [0.25, 0.3) is 0 Å². The summed E-state index contributed by atoms with van der Waals surface area (Å²) in [5.41, 5.74) is 2.92. The number of aryl methyl sites for hydroxylation is 1. The van der Waals surface area contributed by atoms with Gasteiger partial charge in [-0.3, -0.25) is 0 Å². The summed E-state index contributed by atoms with van der Waals surface area (Å²) in [6.45, 7) is 14.9. The van der Waals surface area contributed by atoms with Crippen molar-refractivity contribution in [1.29, 1.82) is 0 Å². The number of alkyl carbamates (subject to hydrolysis) is 1. The van der Waals surface area contributed by atoms with Crippen LogP contribution < -0.4 is 5.32 Å². The molecule has 0 saturated carbocycles. The van der Waals surface area contributed by atoms with Crippen LogP contribution in [0, 0.1) is 0 Å². The zero-order chi connectivity index (χ0) is 23.4. The summed E-state index contributed by atoms with van der Waals surface area (Å²) in [5.74, 6) is 0.207. The minimum Gasteiger partial charge on any atom is -0.444 e. The molecule has 2 N–H and O–H groups in total. The maximum absolute atomic E-state index is 12.2.